The minimum absolute atomic E-state index is 0.00388. The van der Waals surface area contributed by atoms with Crippen molar-refractivity contribution >= 4 is 37.1 Å². The van der Waals surface area contributed by atoms with Crippen molar-refractivity contribution in [3.8, 4) is 0 Å². The van der Waals surface area contributed by atoms with Gasteiger partial charge in [-0.3, -0.25) is 0 Å². The molecule has 3 aromatic rings. The van der Waals surface area contributed by atoms with Gasteiger partial charge >= 0.3 is 6.18 Å². The Morgan fingerprint density at radius 3 is 2.23 bits per heavy atom. The van der Waals surface area contributed by atoms with Crippen LogP contribution < -0.4 is 10.6 Å². The second-order valence-electron chi connectivity index (χ2n) is 7.93. The maximum atomic E-state index is 13.5. The van der Waals surface area contributed by atoms with Crippen LogP contribution in [0.25, 0.3) is 0 Å². The molecule has 0 aliphatic heterocycles. The van der Waals surface area contributed by atoms with E-state index < -0.39 is 37.2 Å². The van der Waals surface area contributed by atoms with E-state index in [0.29, 0.717) is 23.9 Å². The van der Waals surface area contributed by atoms with Crippen molar-refractivity contribution < 1.29 is 30.0 Å². The summed E-state index contributed by atoms with van der Waals surface area (Å²) in [6, 6.07) is 12.5. The fourth-order valence-electron chi connectivity index (χ4n) is 3.04. The van der Waals surface area contributed by atoms with Crippen molar-refractivity contribution in [2.24, 2.45) is 0 Å². The third kappa shape index (κ3) is 7.92. The van der Waals surface area contributed by atoms with Crippen LogP contribution in [-0.2, 0) is 38.8 Å². The fourth-order valence-corrected chi connectivity index (χ4v) is 4.34. The van der Waals surface area contributed by atoms with E-state index in [1.54, 1.807) is 30.3 Å². The summed E-state index contributed by atoms with van der Waals surface area (Å²) in [7, 11) is -6.57. The van der Waals surface area contributed by atoms with Gasteiger partial charge in [-0.25, -0.2) is 21.8 Å². The minimum atomic E-state index is -4.71. The largest absolute Gasteiger partial charge is 0.421 e. The minimum Gasteiger partial charge on any atom is -0.365 e. The summed E-state index contributed by atoms with van der Waals surface area (Å²) in [5.74, 6) is -0.553. The van der Waals surface area contributed by atoms with E-state index in [1.807, 2.05) is 0 Å². The van der Waals surface area contributed by atoms with Crippen molar-refractivity contribution in [2.75, 3.05) is 28.9 Å². The number of nitrogens with zero attached hydrogens (tertiary/aromatic N) is 2. The quantitative estimate of drug-likeness (QED) is 0.430. The lowest BCUT2D eigenvalue weighted by atomic mass is 10.1. The maximum absolute atomic E-state index is 13.5. The standard InChI is InChI=1S/C22H23F3N4O4S2/c1-34(30,31)11-10-15-6-8-17(9-7-15)28-21-27-14-19(22(23,24)25)20(29-21)26-13-16-4-3-5-18(12-16)35(2,32)33/h3-9,12,14H,10-11,13H2,1-2H3,(H2,26,27,28,29). The highest BCUT2D eigenvalue weighted by molar-refractivity contribution is 7.91. The molecule has 0 aliphatic carbocycles. The van der Waals surface area contributed by atoms with Crippen molar-refractivity contribution in [3.05, 3.63) is 71.4 Å². The molecule has 2 N–H and O–H groups in total. The Balaban J connectivity index is 1.79. The second kappa shape index (κ2) is 10.2. The van der Waals surface area contributed by atoms with Gasteiger partial charge in [-0.2, -0.15) is 18.2 Å². The summed E-state index contributed by atoms with van der Waals surface area (Å²) in [6.07, 6.45) is -1.52. The van der Waals surface area contributed by atoms with Crippen LogP contribution in [0.4, 0.5) is 30.6 Å². The monoisotopic (exact) mass is 528 g/mol. The fraction of sp³-hybridized carbons (Fsp3) is 0.273. The van der Waals surface area contributed by atoms with E-state index in [4.69, 9.17) is 0 Å². The molecule has 8 nitrogen and oxygen atoms in total. The van der Waals surface area contributed by atoms with Crippen LogP contribution in [0, 0.1) is 0 Å². The molecule has 13 heteroatoms. The number of alkyl halides is 3. The molecule has 0 saturated carbocycles. The number of sulfone groups is 2. The highest BCUT2D eigenvalue weighted by Crippen LogP contribution is 2.34. The van der Waals surface area contributed by atoms with Gasteiger partial charge in [0.2, 0.25) is 5.95 Å². The molecule has 0 aliphatic rings. The van der Waals surface area contributed by atoms with Crippen LogP contribution in [-0.4, -0.2) is 45.1 Å². The van der Waals surface area contributed by atoms with E-state index in [0.717, 1.165) is 18.1 Å². The maximum Gasteiger partial charge on any atom is 0.421 e. The van der Waals surface area contributed by atoms with Gasteiger partial charge < -0.3 is 10.6 Å². The zero-order chi connectivity index (χ0) is 25.9. The zero-order valence-corrected chi connectivity index (χ0v) is 20.4. The number of hydrogen-bond donors (Lipinski definition) is 2. The van der Waals surface area contributed by atoms with Crippen LogP contribution in [0.3, 0.4) is 0 Å². The number of halogens is 3. The van der Waals surface area contributed by atoms with Crippen LogP contribution in [0.2, 0.25) is 0 Å². The molecule has 2 aromatic carbocycles. The molecule has 188 valence electrons. The summed E-state index contributed by atoms with van der Waals surface area (Å²) in [4.78, 5) is 7.77. The van der Waals surface area contributed by atoms with Gasteiger partial charge in [0.05, 0.1) is 10.6 Å². The number of rotatable bonds is 9. The van der Waals surface area contributed by atoms with Crippen LogP contribution in [0.15, 0.2) is 59.6 Å². The molecule has 0 spiro atoms. The van der Waals surface area contributed by atoms with Crippen molar-refractivity contribution in [3.63, 3.8) is 0 Å². The number of aromatic nitrogens is 2. The van der Waals surface area contributed by atoms with Crippen LogP contribution >= 0.6 is 0 Å². The first-order valence-electron chi connectivity index (χ1n) is 10.2. The molecular weight excluding hydrogens is 505 g/mol. The average Bonchev–Trinajstić information content (AvgIpc) is 2.76. The van der Waals surface area contributed by atoms with Gasteiger partial charge in [0.25, 0.3) is 0 Å². The molecule has 0 atom stereocenters. The van der Waals surface area contributed by atoms with Crippen LogP contribution in [0.1, 0.15) is 16.7 Å². The number of aryl methyl sites for hydroxylation is 1. The highest BCUT2D eigenvalue weighted by atomic mass is 32.2. The first-order chi connectivity index (χ1) is 16.2. The third-order valence-corrected chi connectivity index (χ3v) is 6.91. The smallest absolute Gasteiger partial charge is 0.365 e. The Labute approximate surface area is 201 Å². The second-order valence-corrected chi connectivity index (χ2v) is 12.2. The molecule has 1 heterocycles. The Morgan fingerprint density at radius 2 is 1.63 bits per heavy atom. The molecule has 0 bridgehead atoms. The van der Waals surface area contributed by atoms with Crippen LogP contribution in [0.5, 0.6) is 0 Å². The summed E-state index contributed by atoms with van der Waals surface area (Å²) in [5.41, 5.74) is 0.671. The van der Waals surface area contributed by atoms with E-state index in [-0.39, 0.29) is 23.1 Å². The van der Waals surface area contributed by atoms with Crippen molar-refractivity contribution in [1.82, 2.24) is 9.97 Å². The summed E-state index contributed by atoms with van der Waals surface area (Å²) in [5, 5.41) is 5.44. The Bertz CT molecular complexity index is 1410. The van der Waals surface area contributed by atoms with Crippen molar-refractivity contribution in [1.29, 1.82) is 0 Å². The molecule has 0 fully saturated rings. The van der Waals surface area contributed by atoms with E-state index in [1.165, 1.54) is 18.2 Å². The predicted molar refractivity (Wildman–Crippen MR) is 127 cm³/mol. The van der Waals surface area contributed by atoms with E-state index in [9.17, 15) is 30.0 Å². The van der Waals surface area contributed by atoms with Gasteiger partial charge in [0.1, 0.15) is 21.2 Å². The lowest BCUT2D eigenvalue weighted by Crippen LogP contribution is -2.14. The number of benzene rings is 2. The predicted octanol–water partition coefficient (Wildman–Crippen LogP) is 3.84. The zero-order valence-electron chi connectivity index (χ0n) is 18.8. The number of anilines is 3. The Morgan fingerprint density at radius 1 is 0.943 bits per heavy atom. The van der Waals surface area contributed by atoms with Gasteiger partial charge in [-0.15, -0.1) is 0 Å². The van der Waals surface area contributed by atoms with Gasteiger partial charge in [-0.05, 0) is 41.8 Å². The van der Waals surface area contributed by atoms with Gasteiger partial charge in [-0.1, -0.05) is 24.3 Å². The molecule has 35 heavy (non-hydrogen) atoms. The normalized spacial score (nSPS) is 12.4. The molecule has 1 aromatic heterocycles. The average molecular weight is 529 g/mol. The first kappa shape index (κ1) is 26.4. The summed E-state index contributed by atoms with van der Waals surface area (Å²) in [6.45, 7) is -0.0993. The molecular formula is C22H23F3N4O4S2. The lowest BCUT2D eigenvalue weighted by Gasteiger charge is -2.15. The van der Waals surface area contributed by atoms with E-state index >= 15 is 0 Å². The molecule has 0 saturated heterocycles. The van der Waals surface area contributed by atoms with Gasteiger partial charge in [0.15, 0.2) is 9.84 Å². The molecule has 0 radical (unpaired) electrons. The topological polar surface area (TPSA) is 118 Å². The number of nitrogens with one attached hydrogen (secondary N) is 2. The first-order valence-corrected chi connectivity index (χ1v) is 14.2. The Kier molecular flexibility index (Phi) is 7.70. The Hall–Kier alpha value is -3.19. The summed E-state index contributed by atoms with van der Waals surface area (Å²) >= 11 is 0. The third-order valence-electron chi connectivity index (χ3n) is 4.85. The van der Waals surface area contributed by atoms with Crippen molar-refractivity contribution in [2.45, 2.75) is 24.0 Å². The molecule has 3 rings (SSSR count). The molecule has 0 amide bonds. The van der Waals surface area contributed by atoms with Gasteiger partial charge in [0, 0.05) is 30.9 Å². The SMILES string of the molecule is CS(=O)(=O)CCc1ccc(Nc2ncc(C(F)(F)F)c(NCc3cccc(S(C)(=O)=O)c3)n2)cc1. The highest BCUT2D eigenvalue weighted by Gasteiger charge is 2.35. The van der Waals surface area contributed by atoms with E-state index in [2.05, 4.69) is 20.6 Å². The summed E-state index contributed by atoms with van der Waals surface area (Å²) < 4.78 is 86.6. The number of hydrogen-bond acceptors (Lipinski definition) is 8. The lowest BCUT2D eigenvalue weighted by molar-refractivity contribution is -0.137. The molecule has 0 unspecified atom stereocenters.